The molecular weight excluding hydrogens is 548 g/mol. The van der Waals surface area contributed by atoms with Gasteiger partial charge in [0.15, 0.2) is 11.4 Å². The molecule has 12 heteroatoms. The number of likely N-dealkylation sites (N-methyl/N-ethyl adjacent to an activating group) is 1. The number of amides is 1. The molecule has 228 valence electrons. The fourth-order valence-corrected chi connectivity index (χ4v) is 7.03. The van der Waals surface area contributed by atoms with Crippen LogP contribution < -0.4 is 5.73 Å². The summed E-state index contributed by atoms with van der Waals surface area (Å²) in [5, 5.41) is 57.5. The Hall–Kier alpha value is -3.74. The third-order valence-corrected chi connectivity index (χ3v) is 9.11. The Labute approximate surface area is 243 Å². The number of benzene rings is 1. The summed E-state index contributed by atoms with van der Waals surface area (Å²) < 4.78 is 5.01. The predicted octanol–water partition coefficient (Wildman–Crippen LogP) is 1.12. The highest BCUT2D eigenvalue weighted by Gasteiger charge is 2.68. The number of aromatic hydroxyl groups is 1. The number of primary amides is 1. The van der Waals surface area contributed by atoms with Gasteiger partial charge in [-0.15, -0.1) is 0 Å². The van der Waals surface area contributed by atoms with Crippen LogP contribution in [-0.4, -0.2) is 92.3 Å². The highest BCUT2D eigenvalue weighted by molar-refractivity contribution is 6.24. The average molecular weight is 587 g/mol. The minimum Gasteiger partial charge on any atom is -0.508 e. The normalized spacial score (nSPS) is 29.3. The van der Waals surface area contributed by atoms with Crippen LogP contribution in [0.25, 0.3) is 5.76 Å². The molecule has 0 saturated heterocycles. The van der Waals surface area contributed by atoms with Crippen LogP contribution >= 0.6 is 0 Å². The van der Waals surface area contributed by atoms with E-state index in [1.165, 1.54) is 25.9 Å². The van der Waals surface area contributed by atoms with E-state index in [2.05, 4.69) is 0 Å². The molecule has 1 saturated carbocycles. The Morgan fingerprint density at radius 2 is 1.76 bits per heavy atom. The van der Waals surface area contributed by atoms with E-state index in [1.807, 2.05) is 13.8 Å². The molecule has 1 aromatic rings. The molecule has 0 radical (unpaired) electrons. The van der Waals surface area contributed by atoms with Crippen LogP contribution in [-0.2, 0) is 29.3 Å². The Bertz CT molecular complexity index is 1440. The number of ketones is 2. The molecule has 6 atom stereocenters. The first-order valence-electron chi connectivity index (χ1n) is 13.7. The second-order valence-electron chi connectivity index (χ2n) is 12.3. The van der Waals surface area contributed by atoms with Crippen LogP contribution in [0.2, 0.25) is 0 Å². The fraction of sp³-hybridized carbons (Fsp3) is 0.533. The quantitative estimate of drug-likeness (QED) is 0.151. The third-order valence-electron chi connectivity index (χ3n) is 9.11. The van der Waals surface area contributed by atoms with Gasteiger partial charge >= 0.3 is 5.97 Å². The molecule has 0 heterocycles. The van der Waals surface area contributed by atoms with Crippen LogP contribution in [0.1, 0.15) is 63.1 Å². The van der Waals surface area contributed by atoms with E-state index in [0.717, 1.165) is 0 Å². The van der Waals surface area contributed by atoms with Gasteiger partial charge in [-0.2, -0.15) is 0 Å². The van der Waals surface area contributed by atoms with Gasteiger partial charge in [0.1, 0.15) is 22.8 Å². The van der Waals surface area contributed by atoms with Gasteiger partial charge < -0.3 is 36.0 Å². The van der Waals surface area contributed by atoms with Crippen LogP contribution in [0.5, 0.6) is 5.75 Å². The molecule has 42 heavy (non-hydrogen) atoms. The number of carbonyl (C=O) groups excluding carboxylic acids is 4. The summed E-state index contributed by atoms with van der Waals surface area (Å²) in [5.41, 5.74) is 1.13. The Balaban J connectivity index is 1.90. The number of hydrogen-bond donors (Lipinski definition) is 6. The molecule has 1 amide bonds. The lowest BCUT2D eigenvalue weighted by molar-refractivity contribution is -0.169. The van der Waals surface area contributed by atoms with E-state index >= 15 is 0 Å². The number of rotatable bonds is 7. The van der Waals surface area contributed by atoms with Crippen molar-refractivity contribution >= 4 is 29.2 Å². The molecule has 1 aromatic carbocycles. The number of Topliss-reactive ketones (excluding diaryl/α,β-unsaturated/α-hetero) is 2. The van der Waals surface area contributed by atoms with Crippen molar-refractivity contribution in [3.8, 4) is 5.75 Å². The minimum atomic E-state index is -2.97. The maximum Gasteiger partial charge on any atom is 0.302 e. The molecule has 0 unspecified atom stereocenters. The Morgan fingerprint density at radius 1 is 1.14 bits per heavy atom. The van der Waals surface area contributed by atoms with Crippen molar-refractivity contribution in [1.29, 1.82) is 0 Å². The third kappa shape index (κ3) is 4.40. The van der Waals surface area contributed by atoms with Crippen molar-refractivity contribution in [3.63, 3.8) is 0 Å². The number of hydrogen-bond acceptors (Lipinski definition) is 11. The molecule has 0 spiro atoms. The first-order valence-corrected chi connectivity index (χ1v) is 13.7. The molecule has 0 aliphatic heterocycles. The van der Waals surface area contributed by atoms with Crippen molar-refractivity contribution in [1.82, 2.24) is 4.90 Å². The summed E-state index contributed by atoms with van der Waals surface area (Å²) in [6, 6.07) is 1.97. The number of aliphatic hydroxyl groups excluding tert-OH is 3. The van der Waals surface area contributed by atoms with E-state index in [4.69, 9.17) is 10.5 Å². The zero-order chi connectivity index (χ0) is 31.6. The largest absolute Gasteiger partial charge is 0.508 e. The number of ether oxygens (including phenoxy) is 1. The SMILES string of the molecule is CC(=O)OCCCC(C)(C)c1ccc2c(c1O)C(O)=C1C(=O)[C@]3(O)C(O)=C(C(N)=O)C(=O)[C@@H](N(C)C)[C@@H]3[C@@H](O)[C@@H]1[C@H]2C. The van der Waals surface area contributed by atoms with E-state index in [0.29, 0.717) is 24.0 Å². The molecular formula is C30H38N2O10. The van der Waals surface area contributed by atoms with Crippen molar-refractivity contribution in [2.75, 3.05) is 20.7 Å². The number of phenolic OH excluding ortho intramolecular Hbond substituents is 1. The molecule has 0 aromatic heterocycles. The van der Waals surface area contributed by atoms with Gasteiger partial charge in [0, 0.05) is 24.0 Å². The summed E-state index contributed by atoms with van der Waals surface area (Å²) in [6.45, 7) is 6.90. The van der Waals surface area contributed by atoms with E-state index in [-0.39, 0.29) is 17.9 Å². The molecule has 3 aliphatic rings. The van der Waals surface area contributed by atoms with Gasteiger partial charge in [-0.3, -0.25) is 24.1 Å². The van der Waals surface area contributed by atoms with Crippen LogP contribution in [0.3, 0.4) is 0 Å². The molecule has 7 N–H and O–H groups in total. The molecule has 0 bridgehead atoms. The van der Waals surface area contributed by atoms with Crippen LogP contribution in [0, 0.1) is 11.8 Å². The number of carbonyl (C=O) groups is 4. The Kier molecular flexibility index (Phi) is 7.81. The van der Waals surface area contributed by atoms with E-state index < -0.39 is 87.0 Å². The van der Waals surface area contributed by atoms with Crippen LogP contribution in [0.15, 0.2) is 29.0 Å². The number of phenols is 1. The standard InChI is InChI=1S/C30H38N2O10/c1-12-14-8-9-15(29(3,4)10-7-11-42-13(2)33)22(34)17(14)23(35)18-16(12)24(36)20-21(32(5)6)25(37)19(28(31)40)27(39)30(20,41)26(18)38/h8-9,12,16,20-21,24,34-36,39,41H,7,10-11H2,1-6H3,(H2,31,40)/t12-,16+,20+,21-,24-,30-/m0/s1. The lowest BCUT2D eigenvalue weighted by atomic mass is 9.54. The maximum absolute atomic E-state index is 14.1. The van der Waals surface area contributed by atoms with E-state index in [9.17, 15) is 44.7 Å². The van der Waals surface area contributed by atoms with Gasteiger partial charge in [0.2, 0.25) is 5.78 Å². The lowest BCUT2D eigenvalue weighted by Gasteiger charge is -2.53. The summed E-state index contributed by atoms with van der Waals surface area (Å²) in [7, 11) is 2.91. The monoisotopic (exact) mass is 586 g/mol. The summed E-state index contributed by atoms with van der Waals surface area (Å²) >= 11 is 0. The topological polar surface area (TPSA) is 208 Å². The fourth-order valence-electron chi connectivity index (χ4n) is 7.03. The van der Waals surface area contributed by atoms with Crippen molar-refractivity contribution in [2.45, 2.75) is 69.6 Å². The van der Waals surface area contributed by atoms with Gasteiger partial charge in [-0.25, -0.2) is 0 Å². The first-order chi connectivity index (χ1) is 19.4. The van der Waals surface area contributed by atoms with Crippen molar-refractivity contribution in [3.05, 3.63) is 45.7 Å². The molecule has 1 fully saturated rings. The minimum absolute atomic E-state index is 0.0587. The zero-order valence-electron chi connectivity index (χ0n) is 24.5. The average Bonchev–Trinajstić information content (AvgIpc) is 2.88. The predicted molar refractivity (Wildman–Crippen MR) is 149 cm³/mol. The second kappa shape index (κ2) is 10.5. The smallest absolute Gasteiger partial charge is 0.302 e. The first kappa shape index (κ1) is 31.2. The van der Waals surface area contributed by atoms with Gasteiger partial charge in [0.05, 0.1) is 30.2 Å². The number of fused-ring (bicyclic) bond motifs is 3. The van der Waals surface area contributed by atoms with Gasteiger partial charge in [-0.1, -0.05) is 32.9 Å². The van der Waals surface area contributed by atoms with Gasteiger partial charge in [0.25, 0.3) is 5.91 Å². The highest BCUT2D eigenvalue weighted by Crippen LogP contribution is 2.57. The zero-order valence-corrected chi connectivity index (χ0v) is 24.5. The molecule has 12 nitrogen and oxygen atoms in total. The number of nitrogens with two attached hydrogens (primary N) is 1. The number of nitrogens with zero attached hydrogens (tertiary/aromatic N) is 1. The highest BCUT2D eigenvalue weighted by atomic mass is 16.5. The van der Waals surface area contributed by atoms with Crippen molar-refractivity contribution in [2.24, 2.45) is 17.6 Å². The summed E-state index contributed by atoms with van der Waals surface area (Å²) in [5.74, 6) is -9.63. The Morgan fingerprint density at radius 3 is 2.31 bits per heavy atom. The molecule has 3 aliphatic carbocycles. The van der Waals surface area contributed by atoms with Gasteiger partial charge in [-0.05, 0) is 43.8 Å². The maximum atomic E-state index is 14.1. The van der Waals surface area contributed by atoms with Crippen LogP contribution in [0.4, 0.5) is 0 Å². The lowest BCUT2D eigenvalue weighted by Crippen LogP contribution is -2.70. The van der Waals surface area contributed by atoms with Crippen molar-refractivity contribution < 1.29 is 49.4 Å². The number of esters is 1. The second-order valence-corrected chi connectivity index (χ2v) is 12.3. The summed E-state index contributed by atoms with van der Waals surface area (Å²) in [6.07, 6.45) is -0.663. The summed E-state index contributed by atoms with van der Waals surface area (Å²) in [4.78, 5) is 52.0. The molecule has 4 rings (SSSR count). The van der Waals surface area contributed by atoms with E-state index in [1.54, 1.807) is 19.1 Å². The number of aliphatic hydroxyl groups is 4.